The SMILES string of the molecule is CC(=O)NC1C(OCCCCC(=O)NCCCNC(=O)CCOCC(COCCC(=O)NCCCNC(=O)CCCCOC2OC(CO)C(O)C(O)C2NC(C)=O)(COCCC(=O)NCCCNC(=O)CCCCOC2OC(CO)C(O)C(O)C2NC(C)=O)NC(=O)CCCC(=O)NCCCCCCOP(C)(=O)O)OC(CO)C(O)C1O. The predicted octanol–water partition coefficient (Wildman–Crippen LogP) is -6.00. The summed E-state index contributed by atoms with van der Waals surface area (Å²) in [6.07, 6.45) is -9.98. The zero-order chi connectivity index (χ0) is 86.6. The fourth-order valence-corrected chi connectivity index (χ4v) is 12.7. The molecule has 0 aromatic heterocycles. The maximum Gasteiger partial charge on any atom is 0.325 e. The van der Waals surface area contributed by atoms with Crippen LogP contribution in [-0.4, -0.2) is 352 Å². The molecule has 0 spiro atoms. The van der Waals surface area contributed by atoms with Crippen LogP contribution >= 0.6 is 7.60 Å². The van der Waals surface area contributed by atoms with E-state index in [0.29, 0.717) is 83.6 Å². The van der Waals surface area contributed by atoms with Crippen LogP contribution in [0.5, 0.6) is 0 Å². The van der Waals surface area contributed by atoms with Gasteiger partial charge in [0.2, 0.25) is 65.0 Å². The first-order valence-electron chi connectivity index (χ1n) is 40.2. The molecule has 16 unspecified atom stereocenters. The van der Waals surface area contributed by atoms with Crippen molar-refractivity contribution in [2.24, 2.45) is 0 Å². The maximum atomic E-state index is 13.9. The average Bonchev–Trinajstić information content (AvgIpc) is 0.833. The van der Waals surface area contributed by atoms with Crippen LogP contribution in [0.3, 0.4) is 0 Å². The topological polar surface area (TPSA) is 632 Å². The highest BCUT2D eigenvalue weighted by Gasteiger charge is 2.48. The van der Waals surface area contributed by atoms with Crippen molar-refractivity contribution in [2.75, 3.05) is 138 Å². The van der Waals surface area contributed by atoms with Crippen molar-refractivity contribution in [3.63, 3.8) is 0 Å². The van der Waals surface area contributed by atoms with Crippen LogP contribution in [0.25, 0.3) is 0 Å². The number of aliphatic hydroxyl groups is 9. The van der Waals surface area contributed by atoms with Crippen LogP contribution in [0.2, 0.25) is 0 Å². The van der Waals surface area contributed by atoms with E-state index in [4.69, 9.17) is 47.2 Å². The number of hydrogen-bond acceptors (Lipinski definition) is 31. The van der Waals surface area contributed by atoms with Gasteiger partial charge in [0.1, 0.15) is 78.6 Å². The molecule has 21 N–H and O–H groups in total. The fraction of sp³-hybridized carbons (Fsp3) is 0.849. The molecule has 3 rings (SSSR count). The minimum atomic E-state index is -3.58. The van der Waals surface area contributed by atoms with Gasteiger partial charge in [-0.05, 0) is 77.0 Å². The quantitative estimate of drug-likeness (QED) is 0.0199. The van der Waals surface area contributed by atoms with Crippen LogP contribution in [0.4, 0.5) is 0 Å². The summed E-state index contributed by atoms with van der Waals surface area (Å²) in [4.78, 5) is 148. The third-order valence-corrected chi connectivity index (χ3v) is 19.1. The van der Waals surface area contributed by atoms with Crippen LogP contribution in [-0.2, 0) is 104 Å². The Morgan fingerprint density at radius 3 is 0.889 bits per heavy atom. The largest absolute Gasteiger partial charge is 0.394 e. The Bertz CT molecular complexity index is 2730. The van der Waals surface area contributed by atoms with Crippen molar-refractivity contribution >= 4 is 72.6 Å². The van der Waals surface area contributed by atoms with Crippen molar-refractivity contribution in [3.05, 3.63) is 0 Å². The van der Waals surface area contributed by atoms with E-state index in [1.807, 2.05) is 0 Å². The lowest BCUT2D eigenvalue weighted by Gasteiger charge is -2.42. The highest BCUT2D eigenvalue weighted by atomic mass is 31.2. The van der Waals surface area contributed by atoms with Crippen molar-refractivity contribution in [1.82, 2.24) is 58.5 Å². The molecule has 43 nitrogen and oxygen atoms in total. The number of hydrogen-bond donors (Lipinski definition) is 21. The normalized spacial score (nSPS) is 24.1. The summed E-state index contributed by atoms with van der Waals surface area (Å²) in [6.45, 7) is 3.27. The molecule has 117 heavy (non-hydrogen) atoms. The van der Waals surface area contributed by atoms with Crippen LogP contribution in [0.1, 0.15) is 162 Å². The monoisotopic (exact) mass is 1710 g/mol. The van der Waals surface area contributed by atoms with Crippen molar-refractivity contribution in [2.45, 2.75) is 259 Å². The Morgan fingerprint density at radius 2 is 0.598 bits per heavy atom. The van der Waals surface area contributed by atoms with Crippen molar-refractivity contribution in [1.29, 1.82) is 0 Å². The lowest BCUT2D eigenvalue weighted by atomic mass is 9.97. The molecule has 44 heteroatoms. The Morgan fingerprint density at radius 1 is 0.333 bits per heavy atom. The van der Waals surface area contributed by atoms with Crippen LogP contribution in [0.15, 0.2) is 0 Å². The summed E-state index contributed by atoms with van der Waals surface area (Å²) in [5.41, 5.74) is -1.53. The molecule has 0 aromatic rings. The molecule has 11 amide bonds. The van der Waals surface area contributed by atoms with Crippen LogP contribution in [0, 0.1) is 0 Å². The first-order valence-corrected chi connectivity index (χ1v) is 42.2. The van der Waals surface area contributed by atoms with E-state index in [1.165, 1.54) is 20.8 Å². The molecule has 0 radical (unpaired) electrons. The maximum absolute atomic E-state index is 13.9. The number of nitrogens with one attached hydrogen (secondary N) is 11. The Kier molecular flexibility index (Phi) is 53.9. The van der Waals surface area contributed by atoms with Gasteiger partial charge in [-0.2, -0.15) is 0 Å². The third-order valence-electron chi connectivity index (χ3n) is 18.5. The van der Waals surface area contributed by atoms with Gasteiger partial charge in [0.15, 0.2) is 18.9 Å². The summed E-state index contributed by atoms with van der Waals surface area (Å²) in [5.74, 6) is -4.42. The first kappa shape index (κ1) is 105. The molecular weight excluding hydrogens is 1570 g/mol. The minimum absolute atomic E-state index is 0.0181. The molecule has 3 aliphatic heterocycles. The summed E-state index contributed by atoms with van der Waals surface area (Å²) < 4.78 is 68.2. The van der Waals surface area contributed by atoms with E-state index >= 15 is 0 Å². The van der Waals surface area contributed by atoms with E-state index in [1.54, 1.807) is 0 Å². The lowest BCUT2D eigenvalue weighted by molar-refractivity contribution is -0.270. The van der Waals surface area contributed by atoms with E-state index < -0.39 is 166 Å². The zero-order valence-corrected chi connectivity index (χ0v) is 68.7. The standard InChI is InChI=1S/C73H132N11O32P/c1-47(88)81-61-67(102)64(99)50(41-85)114-70(61)110-34-12-7-19-53(91)75-28-16-31-78-57(95)24-38-107-44-73(84-60(98)23-15-22-56(94)74-27-10-5-6-11-37-113-117(4,105)106,45-108-39-25-58(96)79-32-17-29-76-54(92)20-8-13-35-111-71-62(82-48(2)89)68(103)65(100)51(42-86)115-71)46-109-40-26-59(97)80-33-18-30-77-55(93)21-9-14-36-112-72-63(83-49(3)90)69(104)66(101)52(43-87)116-72/h50-52,61-72,85-87,99-104H,5-46H2,1-4H3,(H,74,94)(H,75,91)(H,76,92)(H,77,93)(H,78,95)(H,79,96)(H,80,97)(H,81,88)(H,82,89)(H,83,90)(H,84,98)(H,105,106). The molecule has 16 atom stereocenters. The van der Waals surface area contributed by atoms with Gasteiger partial charge in [0, 0.05) is 144 Å². The molecule has 3 saturated heterocycles. The molecule has 3 aliphatic rings. The molecule has 0 bridgehead atoms. The van der Waals surface area contributed by atoms with Gasteiger partial charge in [-0.1, -0.05) is 12.8 Å². The van der Waals surface area contributed by atoms with Crippen molar-refractivity contribution < 1.29 is 155 Å². The molecule has 0 aromatic carbocycles. The van der Waals surface area contributed by atoms with E-state index in [2.05, 4.69) is 58.5 Å². The average molecular weight is 1710 g/mol. The Labute approximate surface area is 681 Å². The second kappa shape index (κ2) is 60.1. The number of rotatable bonds is 64. The van der Waals surface area contributed by atoms with Gasteiger partial charge >= 0.3 is 7.60 Å². The van der Waals surface area contributed by atoms with E-state index in [9.17, 15) is 108 Å². The molecule has 676 valence electrons. The zero-order valence-electron chi connectivity index (χ0n) is 67.8. The Hall–Kier alpha value is -6.40. The number of amides is 11. The summed E-state index contributed by atoms with van der Waals surface area (Å²) >= 11 is 0. The fourth-order valence-electron chi connectivity index (χ4n) is 12.2. The van der Waals surface area contributed by atoms with Gasteiger partial charge in [0.25, 0.3) is 0 Å². The van der Waals surface area contributed by atoms with Gasteiger partial charge < -0.3 is 156 Å². The van der Waals surface area contributed by atoms with Crippen molar-refractivity contribution in [3.8, 4) is 0 Å². The van der Waals surface area contributed by atoms with Gasteiger partial charge in [-0.25, -0.2) is 0 Å². The predicted molar refractivity (Wildman–Crippen MR) is 412 cm³/mol. The number of ether oxygens (including phenoxy) is 9. The molecular formula is C73H132N11O32P. The smallest absolute Gasteiger partial charge is 0.325 e. The highest BCUT2D eigenvalue weighted by Crippen LogP contribution is 2.36. The lowest BCUT2D eigenvalue weighted by Crippen LogP contribution is -2.64. The first-order chi connectivity index (χ1) is 55.8. The summed E-state index contributed by atoms with van der Waals surface area (Å²) in [5, 5.41) is 121. The Balaban J connectivity index is 1.59. The summed E-state index contributed by atoms with van der Waals surface area (Å²) in [7, 11) is -3.58. The molecule has 0 saturated carbocycles. The minimum Gasteiger partial charge on any atom is -0.394 e. The number of carbonyl (C=O) groups is 11. The van der Waals surface area contributed by atoms with Gasteiger partial charge in [-0.15, -0.1) is 0 Å². The van der Waals surface area contributed by atoms with Gasteiger partial charge in [0.05, 0.1) is 66.1 Å². The summed E-state index contributed by atoms with van der Waals surface area (Å²) in [6, 6.07) is -3.32. The second-order valence-electron chi connectivity index (χ2n) is 28.9. The number of aliphatic hydroxyl groups excluding tert-OH is 9. The number of carbonyl (C=O) groups excluding carboxylic acids is 11. The van der Waals surface area contributed by atoms with E-state index in [0.717, 1.165) is 13.1 Å². The van der Waals surface area contributed by atoms with Crippen LogP contribution < -0.4 is 58.5 Å². The van der Waals surface area contributed by atoms with E-state index in [-0.39, 0.29) is 187 Å². The molecule has 3 fully saturated rings. The van der Waals surface area contributed by atoms with Gasteiger partial charge in [-0.3, -0.25) is 57.3 Å². The highest BCUT2D eigenvalue weighted by molar-refractivity contribution is 7.51. The third kappa shape index (κ3) is 45.7. The second-order valence-corrected chi connectivity index (χ2v) is 30.8. The molecule has 3 heterocycles. The molecule has 0 aliphatic carbocycles. The number of unbranched alkanes of at least 4 members (excludes halogenated alkanes) is 6.